The molecule has 15 nitrogen and oxygen atoms in total. The molecule has 0 spiro atoms. The van der Waals surface area contributed by atoms with Crippen LogP contribution in [0, 0.1) is 21.4 Å². The van der Waals surface area contributed by atoms with Crippen molar-refractivity contribution < 1.29 is 62.1 Å². The standard InChI is InChI=1S/C42H41NO14/c1-22(44)52-33(34-35(53-23(2)45)36(54-24(3)46)37(55-25(4)47)39(57-34)56-26(5)48)32-38(43(50)51)41(6)30(27-16-10-7-11-17-27)31(28-18-12-8-13-19-28)42(32,40(41)49)29-20-14-9-15-21-29/h7-21,32-39H,1-6H3/t32-,33+,34+,35-,36-,37+,38+,39-,41+,42+/m0/s1. The van der Waals surface area contributed by atoms with Crippen LogP contribution in [0.3, 0.4) is 0 Å². The third-order valence-electron chi connectivity index (χ3n) is 10.7. The average Bonchev–Trinajstić information content (AvgIpc) is 3.48. The molecule has 6 rings (SSSR count). The Labute approximate surface area is 327 Å². The van der Waals surface area contributed by atoms with Gasteiger partial charge in [0.1, 0.15) is 17.6 Å². The summed E-state index contributed by atoms with van der Waals surface area (Å²) in [6.45, 7) is 6.64. The van der Waals surface area contributed by atoms with Crippen molar-refractivity contribution in [2.24, 2.45) is 11.3 Å². The van der Waals surface area contributed by atoms with Gasteiger partial charge in [0.25, 0.3) is 0 Å². The Morgan fingerprint density at radius 1 is 0.649 bits per heavy atom. The summed E-state index contributed by atoms with van der Waals surface area (Å²) in [4.78, 5) is 92.9. The highest BCUT2D eigenvalue weighted by molar-refractivity contribution is 6.26. The van der Waals surface area contributed by atoms with Gasteiger partial charge in [-0.2, -0.15) is 0 Å². The number of ether oxygens (including phenoxy) is 6. The highest BCUT2D eigenvalue weighted by Crippen LogP contribution is 2.71. The smallest absolute Gasteiger partial charge is 0.305 e. The topological polar surface area (TPSA) is 201 Å². The van der Waals surface area contributed by atoms with E-state index < -0.39 is 100 Å². The Bertz CT molecular complexity index is 2120. The summed E-state index contributed by atoms with van der Waals surface area (Å²) in [5.41, 5.74) is -1.70. The Balaban J connectivity index is 1.74. The summed E-state index contributed by atoms with van der Waals surface area (Å²) >= 11 is 0. The van der Waals surface area contributed by atoms with Gasteiger partial charge in [-0.1, -0.05) is 91.0 Å². The van der Waals surface area contributed by atoms with Crippen molar-refractivity contribution in [3.63, 3.8) is 0 Å². The highest BCUT2D eigenvalue weighted by Gasteiger charge is 2.82. The van der Waals surface area contributed by atoms with Crippen LogP contribution in [-0.2, 0) is 62.6 Å². The van der Waals surface area contributed by atoms with Crippen molar-refractivity contribution in [1.82, 2.24) is 0 Å². The summed E-state index contributed by atoms with van der Waals surface area (Å²) in [7, 11) is 0. The molecule has 1 saturated carbocycles. The van der Waals surface area contributed by atoms with Gasteiger partial charge < -0.3 is 28.4 Å². The fourth-order valence-electron chi connectivity index (χ4n) is 9.12. The average molecular weight is 784 g/mol. The van der Waals surface area contributed by atoms with Crippen LogP contribution in [0.5, 0.6) is 0 Å². The predicted molar refractivity (Wildman–Crippen MR) is 198 cm³/mol. The number of benzene rings is 3. The van der Waals surface area contributed by atoms with Gasteiger partial charge >= 0.3 is 29.8 Å². The molecule has 298 valence electrons. The molecule has 3 aromatic carbocycles. The van der Waals surface area contributed by atoms with Gasteiger partial charge in [0, 0.05) is 39.5 Å². The van der Waals surface area contributed by atoms with Gasteiger partial charge in [0.15, 0.2) is 18.0 Å². The van der Waals surface area contributed by atoms with E-state index in [4.69, 9.17) is 28.4 Å². The molecule has 0 radical (unpaired) electrons. The number of carbonyl (C=O) groups excluding carboxylic acids is 6. The molecule has 15 heteroatoms. The van der Waals surface area contributed by atoms with Gasteiger partial charge in [-0.05, 0) is 34.8 Å². The first kappa shape index (κ1) is 40.4. The second kappa shape index (κ2) is 15.7. The monoisotopic (exact) mass is 783 g/mol. The van der Waals surface area contributed by atoms with E-state index in [-0.39, 0.29) is 0 Å². The number of nitro groups is 1. The van der Waals surface area contributed by atoms with E-state index in [1.54, 1.807) is 91.0 Å². The Morgan fingerprint density at radius 3 is 1.58 bits per heavy atom. The van der Waals surface area contributed by atoms with Crippen LogP contribution in [0.1, 0.15) is 58.2 Å². The fourth-order valence-corrected chi connectivity index (χ4v) is 9.12. The molecule has 1 aliphatic heterocycles. The number of esters is 5. The highest BCUT2D eigenvalue weighted by atomic mass is 16.7. The molecule has 2 bridgehead atoms. The molecule has 10 atom stereocenters. The zero-order valence-corrected chi connectivity index (χ0v) is 31.9. The molecule has 3 aliphatic rings. The van der Waals surface area contributed by atoms with Gasteiger partial charge in [-0.3, -0.25) is 38.9 Å². The van der Waals surface area contributed by atoms with Crippen LogP contribution in [0.2, 0.25) is 0 Å². The number of hydrogen-bond donors (Lipinski definition) is 0. The van der Waals surface area contributed by atoms with Gasteiger partial charge in [0.2, 0.25) is 18.4 Å². The Hall–Kier alpha value is -6.22. The maximum atomic E-state index is 15.8. The lowest BCUT2D eigenvalue weighted by molar-refractivity contribution is -0.544. The van der Waals surface area contributed by atoms with Crippen LogP contribution in [0.15, 0.2) is 91.0 Å². The number of fused-ring (bicyclic) bond motifs is 2. The third kappa shape index (κ3) is 6.96. The Morgan fingerprint density at radius 2 is 1.11 bits per heavy atom. The first-order valence-electron chi connectivity index (χ1n) is 18.2. The van der Waals surface area contributed by atoms with Crippen molar-refractivity contribution >= 4 is 46.8 Å². The summed E-state index contributed by atoms with van der Waals surface area (Å²) in [5, 5.41) is 13.8. The van der Waals surface area contributed by atoms with Gasteiger partial charge in [-0.15, -0.1) is 0 Å². The van der Waals surface area contributed by atoms with E-state index in [1.807, 2.05) is 0 Å². The van der Waals surface area contributed by atoms with E-state index in [0.717, 1.165) is 34.6 Å². The molecular weight excluding hydrogens is 742 g/mol. The summed E-state index contributed by atoms with van der Waals surface area (Å²) in [6, 6.07) is 24.2. The zero-order chi connectivity index (χ0) is 41.4. The van der Waals surface area contributed by atoms with E-state index in [9.17, 15) is 34.1 Å². The first-order chi connectivity index (χ1) is 27.0. The molecule has 3 aromatic rings. The largest absolute Gasteiger partial charge is 0.459 e. The maximum absolute atomic E-state index is 15.8. The summed E-state index contributed by atoms with van der Waals surface area (Å²) < 4.78 is 34.7. The van der Waals surface area contributed by atoms with E-state index in [2.05, 4.69) is 0 Å². The van der Waals surface area contributed by atoms with E-state index >= 15 is 4.79 Å². The lowest BCUT2D eigenvalue weighted by Crippen LogP contribution is -2.67. The maximum Gasteiger partial charge on any atom is 0.305 e. The normalized spacial score (nSPS) is 29.5. The molecule has 0 unspecified atom stereocenters. The molecule has 1 heterocycles. The molecule has 57 heavy (non-hydrogen) atoms. The lowest BCUT2D eigenvalue weighted by Gasteiger charge is -2.49. The number of nitrogens with zero attached hydrogens (tertiary/aromatic N) is 1. The van der Waals surface area contributed by atoms with Crippen molar-refractivity contribution in [3.8, 4) is 0 Å². The minimum absolute atomic E-state index is 0.322. The van der Waals surface area contributed by atoms with Crippen LogP contribution < -0.4 is 0 Å². The minimum Gasteiger partial charge on any atom is -0.459 e. The second-order valence-electron chi connectivity index (χ2n) is 14.3. The molecule has 2 fully saturated rings. The number of hydrogen-bond acceptors (Lipinski definition) is 14. The van der Waals surface area contributed by atoms with Crippen molar-refractivity contribution in [1.29, 1.82) is 0 Å². The zero-order valence-electron chi connectivity index (χ0n) is 31.9. The SMILES string of the molecule is CC(=O)O[C@H]1O[C@H]([C@H](OC(C)=O)[C@H]2[C@@H]([N+](=O)[O-])[C@]3(C)C(=O)[C@]2(c2ccccc2)C(c2ccccc2)=C3c2ccccc2)[C@H](OC(C)=O)[C@H](OC(C)=O)[C@H]1OC(C)=O. The Kier molecular flexibility index (Phi) is 11.2. The van der Waals surface area contributed by atoms with Crippen LogP contribution in [0.4, 0.5) is 0 Å². The third-order valence-corrected chi connectivity index (χ3v) is 10.7. The molecular formula is C42H41NO14. The number of carbonyl (C=O) groups is 6. The number of allylic oxidation sites excluding steroid dienone is 1. The van der Waals surface area contributed by atoms with Crippen molar-refractivity contribution in [2.75, 3.05) is 0 Å². The van der Waals surface area contributed by atoms with Crippen LogP contribution >= 0.6 is 0 Å². The first-order valence-corrected chi connectivity index (χ1v) is 18.2. The number of ketones is 1. The van der Waals surface area contributed by atoms with E-state index in [1.165, 1.54) is 6.92 Å². The number of Topliss-reactive ketones (excluding diaryl/α,β-unsaturated/α-hetero) is 1. The molecule has 0 aromatic heterocycles. The quantitative estimate of drug-likeness (QED) is 0.115. The lowest BCUT2D eigenvalue weighted by atomic mass is 9.59. The minimum atomic E-state index is -1.98. The molecule has 2 aliphatic carbocycles. The fraction of sp³-hybridized carbons (Fsp3) is 0.381. The van der Waals surface area contributed by atoms with Crippen molar-refractivity contribution in [3.05, 3.63) is 118 Å². The predicted octanol–water partition coefficient (Wildman–Crippen LogP) is 4.41. The van der Waals surface area contributed by atoms with Crippen LogP contribution in [0.25, 0.3) is 11.1 Å². The molecule has 0 amide bonds. The summed E-state index contributed by atoms with van der Waals surface area (Å²) in [6.07, 6.45) is -11.0. The van der Waals surface area contributed by atoms with Crippen LogP contribution in [-0.4, -0.2) is 83.4 Å². The molecule has 1 saturated heterocycles. The van der Waals surface area contributed by atoms with Gasteiger partial charge in [0.05, 0.1) is 11.3 Å². The second-order valence-corrected chi connectivity index (χ2v) is 14.3. The number of rotatable bonds is 11. The summed E-state index contributed by atoms with van der Waals surface area (Å²) in [5.74, 6) is -6.98. The van der Waals surface area contributed by atoms with Crippen molar-refractivity contribution in [2.45, 2.75) is 89.8 Å². The van der Waals surface area contributed by atoms with Gasteiger partial charge in [-0.25, -0.2) is 0 Å². The molecule has 0 N–H and O–H groups in total. The van der Waals surface area contributed by atoms with E-state index in [0.29, 0.717) is 27.8 Å².